The molecule has 1 unspecified atom stereocenters. The molecule has 140 valence electrons. The van der Waals surface area contributed by atoms with E-state index in [4.69, 9.17) is 11.6 Å². The standard InChI is InChI=1S/C18H17ClF4N2O/c1-25(2)15(16-13(19)4-3-5-14(16)20)10-24-17(26)11-6-8-12(9-7-11)18(21,22)23/h3-9,15H,10H2,1-2H3,(H,24,26). The third-order valence-electron chi connectivity index (χ3n) is 3.89. The van der Waals surface area contributed by atoms with Crippen molar-refractivity contribution >= 4 is 17.5 Å². The first kappa shape index (κ1) is 20.2. The highest BCUT2D eigenvalue weighted by molar-refractivity contribution is 6.31. The van der Waals surface area contributed by atoms with Crippen LogP contribution in [0.5, 0.6) is 0 Å². The minimum atomic E-state index is -4.47. The van der Waals surface area contributed by atoms with E-state index in [-0.39, 0.29) is 22.7 Å². The van der Waals surface area contributed by atoms with Crippen LogP contribution in [-0.2, 0) is 6.18 Å². The van der Waals surface area contributed by atoms with Gasteiger partial charge in [-0.15, -0.1) is 0 Å². The number of carbonyl (C=O) groups is 1. The maximum Gasteiger partial charge on any atom is 0.416 e. The average Bonchev–Trinajstić information content (AvgIpc) is 2.56. The molecule has 3 nitrogen and oxygen atoms in total. The number of nitrogens with one attached hydrogen (secondary N) is 1. The van der Waals surface area contributed by atoms with Crippen molar-refractivity contribution in [2.24, 2.45) is 0 Å². The van der Waals surface area contributed by atoms with Gasteiger partial charge >= 0.3 is 6.18 Å². The van der Waals surface area contributed by atoms with E-state index in [1.165, 1.54) is 12.1 Å². The van der Waals surface area contributed by atoms with Gasteiger partial charge < -0.3 is 10.2 Å². The van der Waals surface area contributed by atoms with Crippen LogP contribution in [-0.4, -0.2) is 31.4 Å². The maximum atomic E-state index is 14.1. The predicted molar refractivity (Wildman–Crippen MR) is 91.6 cm³/mol. The van der Waals surface area contributed by atoms with Gasteiger partial charge in [0, 0.05) is 22.7 Å². The zero-order chi connectivity index (χ0) is 19.5. The van der Waals surface area contributed by atoms with E-state index in [0.717, 1.165) is 24.3 Å². The van der Waals surface area contributed by atoms with E-state index in [1.54, 1.807) is 25.1 Å². The van der Waals surface area contributed by atoms with E-state index in [0.29, 0.717) is 0 Å². The molecule has 0 radical (unpaired) electrons. The largest absolute Gasteiger partial charge is 0.416 e. The minimum absolute atomic E-state index is 0.0352. The van der Waals surface area contributed by atoms with E-state index in [2.05, 4.69) is 5.32 Å². The Bertz CT molecular complexity index is 756. The van der Waals surface area contributed by atoms with Crippen LogP contribution < -0.4 is 5.32 Å². The minimum Gasteiger partial charge on any atom is -0.350 e. The highest BCUT2D eigenvalue weighted by atomic mass is 35.5. The third kappa shape index (κ3) is 4.74. The van der Waals surface area contributed by atoms with E-state index in [1.807, 2.05) is 0 Å². The van der Waals surface area contributed by atoms with Gasteiger partial charge in [-0.25, -0.2) is 4.39 Å². The molecule has 0 fully saturated rings. The van der Waals surface area contributed by atoms with Gasteiger partial charge in [0.2, 0.25) is 0 Å². The molecule has 0 saturated carbocycles. The molecule has 1 amide bonds. The molecule has 2 aromatic rings. The van der Waals surface area contributed by atoms with Crippen LogP contribution in [0.4, 0.5) is 17.6 Å². The van der Waals surface area contributed by atoms with Crippen LogP contribution >= 0.6 is 11.6 Å². The number of rotatable bonds is 5. The quantitative estimate of drug-likeness (QED) is 0.763. The second-order valence-corrected chi connectivity index (χ2v) is 6.31. The highest BCUT2D eigenvalue weighted by Gasteiger charge is 2.30. The Morgan fingerprint density at radius 3 is 2.27 bits per heavy atom. The number of halogens is 5. The fourth-order valence-corrected chi connectivity index (χ4v) is 2.76. The summed E-state index contributed by atoms with van der Waals surface area (Å²) in [7, 11) is 3.41. The van der Waals surface area contributed by atoms with Crippen molar-refractivity contribution in [1.82, 2.24) is 10.2 Å². The number of amides is 1. The molecule has 0 aromatic heterocycles. The lowest BCUT2D eigenvalue weighted by atomic mass is 10.0. The molecule has 0 spiro atoms. The normalized spacial score (nSPS) is 12.9. The predicted octanol–water partition coefficient (Wildman–Crippen LogP) is 4.53. The number of likely N-dealkylation sites (N-methyl/N-ethyl adjacent to an activating group) is 1. The number of hydrogen-bond donors (Lipinski definition) is 1. The molecule has 0 saturated heterocycles. The molecule has 1 N–H and O–H groups in total. The Balaban J connectivity index is 2.13. The maximum absolute atomic E-state index is 14.1. The van der Waals surface area contributed by atoms with Gasteiger partial charge in [-0.3, -0.25) is 4.79 Å². The summed E-state index contributed by atoms with van der Waals surface area (Å²) >= 11 is 6.07. The summed E-state index contributed by atoms with van der Waals surface area (Å²) in [5, 5.41) is 2.83. The molecule has 2 rings (SSSR count). The molecule has 2 aromatic carbocycles. The molecule has 26 heavy (non-hydrogen) atoms. The summed E-state index contributed by atoms with van der Waals surface area (Å²) in [5.74, 6) is -1.06. The van der Waals surface area contributed by atoms with Gasteiger partial charge in [0.25, 0.3) is 5.91 Å². The smallest absolute Gasteiger partial charge is 0.350 e. The monoisotopic (exact) mass is 388 g/mol. The zero-order valence-corrected chi connectivity index (χ0v) is 14.8. The van der Waals surface area contributed by atoms with Crippen LogP contribution in [0.2, 0.25) is 5.02 Å². The molecule has 1 atom stereocenters. The first-order chi connectivity index (χ1) is 12.1. The van der Waals surface area contributed by atoms with Crippen molar-refractivity contribution in [2.45, 2.75) is 12.2 Å². The first-order valence-electron chi connectivity index (χ1n) is 7.67. The summed E-state index contributed by atoms with van der Waals surface area (Å²) in [4.78, 5) is 13.9. The van der Waals surface area contributed by atoms with Crippen molar-refractivity contribution in [3.05, 3.63) is 70.0 Å². The topological polar surface area (TPSA) is 32.3 Å². The molecule has 0 bridgehead atoms. The summed E-state index contributed by atoms with van der Waals surface area (Å²) in [6.07, 6.45) is -4.47. The van der Waals surface area contributed by atoms with Gasteiger partial charge in [0.1, 0.15) is 5.82 Å². The third-order valence-corrected chi connectivity index (χ3v) is 4.22. The van der Waals surface area contributed by atoms with Gasteiger partial charge in [-0.2, -0.15) is 13.2 Å². The summed E-state index contributed by atoms with van der Waals surface area (Å²) < 4.78 is 51.9. The summed E-state index contributed by atoms with van der Waals surface area (Å²) in [5.41, 5.74) is -0.514. The second-order valence-electron chi connectivity index (χ2n) is 5.90. The second kappa shape index (κ2) is 8.05. The highest BCUT2D eigenvalue weighted by Crippen LogP contribution is 2.30. The Morgan fingerprint density at radius 1 is 1.15 bits per heavy atom. The van der Waals surface area contributed by atoms with E-state index < -0.39 is 29.5 Å². The number of nitrogens with zero attached hydrogens (tertiary/aromatic N) is 1. The van der Waals surface area contributed by atoms with Gasteiger partial charge in [0.15, 0.2) is 0 Å². The lowest BCUT2D eigenvalue weighted by molar-refractivity contribution is -0.137. The van der Waals surface area contributed by atoms with E-state index in [9.17, 15) is 22.4 Å². The van der Waals surface area contributed by atoms with E-state index >= 15 is 0 Å². The van der Waals surface area contributed by atoms with Crippen molar-refractivity contribution in [3.63, 3.8) is 0 Å². The van der Waals surface area contributed by atoms with Gasteiger partial charge in [0.05, 0.1) is 11.6 Å². The van der Waals surface area contributed by atoms with Crippen LogP contribution in [0.25, 0.3) is 0 Å². The first-order valence-corrected chi connectivity index (χ1v) is 8.05. The van der Waals surface area contributed by atoms with Crippen molar-refractivity contribution in [2.75, 3.05) is 20.6 Å². The van der Waals surface area contributed by atoms with Crippen molar-refractivity contribution in [1.29, 1.82) is 0 Å². The van der Waals surface area contributed by atoms with Crippen molar-refractivity contribution < 1.29 is 22.4 Å². The molecular formula is C18H17ClF4N2O. The average molecular weight is 389 g/mol. The summed E-state index contributed by atoms with van der Waals surface area (Å²) in [6, 6.07) is 7.64. The molecule has 0 aliphatic carbocycles. The molecule has 8 heteroatoms. The molecular weight excluding hydrogens is 372 g/mol. The van der Waals surface area contributed by atoms with Crippen LogP contribution in [0.15, 0.2) is 42.5 Å². The van der Waals surface area contributed by atoms with Crippen molar-refractivity contribution in [3.8, 4) is 0 Å². The van der Waals surface area contributed by atoms with Crippen LogP contribution in [0, 0.1) is 5.82 Å². The lowest BCUT2D eigenvalue weighted by Gasteiger charge is -2.26. The number of hydrogen-bond acceptors (Lipinski definition) is 2. The van der Waals surface area contributed by atoms with Crippen LogP contribution in [0.1, 0.15) is 27.5 Å². The van der Waals surface area contributed by atoms with Crippen LogP contribution in [0.3, 0.4) is 0 Å². The molecule has 0 aliphatic rings. The number of alkyl halides is 3. The fourth-order valence-electron chi connectivity index (χ4n) is 2.47. The van der Waals surface area contributed by atoms with Gasteiger partial charge in [-0.05, 0) is 50.5 Å². The Hall–Kier alpha value is -2.12. The lowest BCUT2D eigenvalue weighted by Crippen LogP contribution is -2.35. The Kier molecular flexibility index (Phi) is 6.26. The number of benzene rings is 2. The summed E-state index contributed by atoms with van der Waals surface area (Å²) in [6.45, 7) is 0.0352. The Morgan fingerprint density at radius 2 is 1.77 bits per heavy atom. The number of carbonyl (C=O) groups excluding carboxylic acids is 1. The fraction of sp³-hybridized carbons (Fsp3) is 0.278. The SMILES string of the molecule is CN(C)C(CNC(=O)c1ccc(C(F)(F)F)cc1)c1c(F)cccc1Cl. The zero-order valence-electron chi connectivity index (χ0n) is 14.1. The van der Waals surface area contributed by atoms with Gasteiger partial charge in [-0.1, -0.05) is 17.7 Å². The molecule has 0 aliphatic heterocycles. The Labute approximate surface area is 153 Å². The molecule has 0 heterocycles.